The van der Waals surface area contributed by atoms with Gasteiger partial charge in [-0.05, 0) is 30.5 Å². The average molecular weight is 365 g/mol. The second-order valence-corrected chi connectivity index (χ2v) is 3.94. The molecule has 0 unspecified atom stereocenters. The molecule has 3 nitrogen and oxygen atoms in total. The van der Waals surface area contributed by atoms with Crippen LogP contribution in [0.5, 0.6) is 0 Å². The van der Waals surface area contributed by atoms with E-state index < -0.39 is 0 Å². The number of nitrogens with one attached hydrogen (secondary N) is 2. The Labute approximate surface area is 125 Å². The van der Waals surface area contributed by atoms with Crippen LogP contribution in [-0.4, -0.2) is 19.6 Å². The van der Waals surface area contributed by atoms with Gasteiger partial charge in [-0.25, -0.2) is 4.39 Å². The summed E-state index contributed by atoms with van der Waals surface area (Å²) in [6, 6.07) is 5.25. The average Bonchev–Trinajstić information content (AvgIpc) is 2.34. The molecule has 0 radical (unpaired) electrons. The van der Waals surface area contributed by atoms with Crippen molar-refractivity contribution in [2.24, 2.45) is 4.99 Å². The van der Waals surface area contributed by atoms with Crippen molar-refractivity contribution in [1.82, 2.24) is 10.6 Å². The zero-order valence-electron chi connectivity index (χ0n) is 11.1. The third-order valence-corrected chi connectivity index (χ3v) is 2.46. The van der Waals surface area contributed by atoms with Gasteiger partial charge in [0.05, 0.1) is 0 Å². The van der Waals surface area contributed by atoms with Gasteiger partial charge >= 0.3 is 0 Å². The van der Waals surface area contributed by atoms with Crippen LogP contribution in [0.15, 0.2) is 23.2 Å². The van der Waals surface area contributed by atoms with Crippen LogP contribution in [0.25, 0.3) is 0 Å². The molecular formula is C13H21FIN3. The fourth-order valence-corrected chi connectivity index (χ4v) is 1.40. The molecule has 0 saturated heterocycles. The van der Waals surface area contributed by atoms with E-state index in [0.29, 0.717) is 12.1 Å². The van der Waals surface area contributed by atoms with E-state index in [9.17, 15) is 4.39 Å². The molecule has 0 aliphatic rings. The smallest absolute Gasteiger partial charge is 0.191 e. The molecule has 0 aromatic heterocycles. The van der Waals surface area contributed by atoms with Gasteiger partial charge < -0.3 is 10.6 Å². The molecule has 0 amide bonds. The number of aryl methyl sites for hydroxylation is 1. The summed E-state index contributed by atoms with van der Waals surface area (Å²) in [7, 11) is 1.72. The molecular weight excluding hydrogens is 344 g/mol. The molecule has 2 N–H and O–H groups in total. The number of nitrogens with zero attached hydrogens (tertiary/aromatic N) is 1. The standard InChI is InChI=1S/C13H20FN3.HI/c1-4-7-16-13(15-3)17-9-11-6-5-10(2)12(14)8-11;/h5-6,8H,4,7,9H2,1-3H3,(H2,15,16,17);1H. The molecule has 0 fully saturated rings. The molecule has 5 heteroatoms. The Morgan fingerprint density at radius 3 is 2.61 bits per heavy atom. The zero-order valence-corrected chi connectivity index (χ0v) is 13.4. The van der Waals surface area contributed by atoms with Crippen molar-refractivity contribution in [2.75, 3.05) is 13.6 Å². The number of benzene rings is 1. The van der Waals surface area contributed by atoms with E-state index in [1.807, 2.05) is 6.07 Å². The predicted octanol–water partition coefficient (Wildman–Crippen LogP) is 2.83. The molecule has 1 rings (SSSR count). The van der Waals surface area contributed by atoms with Crippen molar-refractivity contribution in [3.63, 3.8) is 0 Å². The maximum Gasteiger partial charge on any atom is 0.191 e. The highest BCUT2D eigenvalue weighted by molar-refractivity contribution is 14.0. The van der Waals surface area contributed by atoms with E-state index in [0.717, 1.165) is 24.5 Å². The van der Waals surface area contributed by atoms with Gasteiger partial charge in [0, 0.05) is 20.1 Å². The van der Waals surface area contributed by atoms with Crippen molar-refractivity contribution in [3.8, 4) is 0 Å². The van der Waals surface area contributed by atoms with Crippen LogP contribution in [0.4, 0.5) is 4.39 Å². The SMILES string of the molecule is CCCNC(=NC)NCc1ccc(C)c(F)c1.I. The van der Waals surface area contributed by atoms with Crippen molar-refractivity contribution >= 4 is 29.9 Å². The summed E-state index contributed by atoms with van der Waals surface area (Å²) in [5.41, 5.74) is 1.58. The Bertz CT molecular complexity index is 394. The molecule has 0 heterocycles. The minimum absolute atomic E-state index is 0. The second-order valence-electron chi connectivity index (χ2n) is 3.94. The van der Waals surface area contributed by atoms with E-state index in [1.165, 1.54) is 0 Å². The van der Waals surface area contributed by atoms with Gasteiger partial charge in [-0.2, -0.15) is 0 Å². The number of halogens is 2. The Balaban J connectivity index is 0.00000289. The number of hydrogen-bond donors (Lipinski definition) is 2. The van der Waals surface area contributed by atoms with E-state index in [4.69, 9.17) is 0 Å². The monoisotopic (exact) mass is 365 g/mol. The van der Waals surface area contributed by atoms with Gasteiger partial charge in [-0.1, -0.05) is 19.1 Å². The summed E-state index contributed by atoms with van der Waals surface area (Å²) in [5, 5.41) is 6.30. The number of aliphatic imine (C=N–C) groups is 1. The summed E-state index contributed by atoms with van der Waals surface area (Å²) >= 11 is 0. The van der Waals surface area contributed by atoms with Gasteiger partial charge in [0.25, 0.3) is 0 Å². The van der Waals surface area contributed by atoms with Gasteiger partial charge in [-0.15, -0.1) is 24.0 Å². The molecule has 18 heavy (non-hydrogen) atoms. The first-order chi connectivity index (χ1) is 8.17. The highest BCUT2D eigenvalue weighted by atomic mass is 127. The lowest BCUT2D eigenvalue weighted by Gasteiger charge is -2.11. The molecule has 0 aliphatic carbocycles. The summed E-state index contributed by atoms with van der Waals surface area (Å²) in [6.45, 7) is 5.30. The summed E-state index contributed by atoms with van der Waals surface area (Å²) in [4.78, 5) is 4.08. The molecule has 0 atom stereocenters. The summed E-state index contributed by atoms with van der Waals surface area (Å²) in [6.07, 6.45) is 1.04. The number of guanidine groups is 1. The summed E-state index contributed by atoms with van der Waals surface area (Å²) < 4.78 is 13.3. The van der Waals surface area contributed by atoms with Crippen LogP contribution in [-0.2, 0) is 6.54 Å². The van der Waals surface area contributed by atoms with Crippen LogP contribution in [0, 0.1) is 12.7 Å². The topological polar surface area (TPSA) is 36.4 Å². The predicted molar refractivity (Wildman–Crippen MR) is 85.0 cm³/mol. The maximum atomic E-state index is 13.3. The first-order valence-electron chi connectivity index (χ1n) is 5.87. The Kier molecular flexibility index (Phi) is 8.70. The number of rotatable bonds is 4. The molecule has 0 spiro atoms. The van der Waals surface area contributed by atoms with Crippen molar-refractivity contribution in [1.29, 1.82) is 0 Å². The zero-order chi connectivity index (χ0) is 12.7. The normalized spacial score (nSPS) is 10.8. The highest BCUT2D eigenvalue weighted by Gasteiger charge is 2.00. The highest BCUT2D eigenvalue weighted by Crippen LogP contribution is 2.08. The third-order valence-electron chi connectivity index (χ3n) is 2.46. The molecule has 1 aromatic rings. The van der Waals surface area contributed by atoms with Crippen molar-refractivity contribution in [2.45, 2.75) is 26.8 Å². The Morgan fingerprint density at radius 1 is 1.33 bits per heavy atom. The molecule has 102 valence electrons. The van der Waals surface area contributed by atoms with Crippen LogP contribution in [0.2, 0.25) is 0 Å². The fraction of sp³-hybridized carbons (Fsp3) is 0.462. The quantitative estimate of drug-likeness (QED) is 0.489. The fourth-order valence-electron chi connectivity index (χ4n) is 1.40. The third kappa shape index (κ3) is 5.66. The van der Waals surface area contributed by atoms with Gasteiger partial charge in [0.15, 0.2) is 5.96 Å². The van der Waals surface area contributed by atoms with E-state index in [-0.39, 0.29) is 29.8 Å². The molecule has 0 saturated carbocycles. The Morgan fingerprint density at radius 2 is 2.06 bits per heavy atom. The lowest BCUT2D eigenvalue weighted by molar-refractivity contribution is 0.615. The first-order valence-corrected chi connectivity index (χ1v) is 5.87. The molecule has 0 aliphatic heterocycles. The minimum Gasteiger partial charge on any atom is -0.356 e. The summed E-state index contributed by atoms with van der Waals surface area (Å²) in [5.74, 6) is 0.577. The second kappa shape index (κ2) is 9.13. The largest absolute Gasteiger partial charge is 0.356 e. The van der Waals surface area contributed by atoms with E-state index in [1.54, 1.807) is 26.1 Å². The molecule has 0 bridgehead atoms. The lowest BCUT2D eigenvalue weighted by Crippen LogP contribution is -2.37. The Hall–Kier alpha value is -0.850. The lowest BCUT2D eigenvalue weighted by atomic mass is 10.1. The van der Waals surface area contributed by atoms with Crippen LogP contribution < -0.4 is 10.6 Å². The van der Waals surface area contributed by atoms with Crippen LogP contribution >= 0.6 is 24.0 Å². The maximum absolute atomic E-state index is 13.3. The van der Waals surface area contributed by atoms with Gasteiger partial charge in [0.2, 0.25) is 0 Å². The van der Waals surface area contributed by atoms with Gasteiger partial charge in [0.1, 0.15) is 5.82 Å². The van der Waals surface area contributed by atoms with Gasteiger partial charge in [-0.3, -0.25) is 4.99 Å². The van der Waals surface area contributed by atoms with Crippen LogP contribution in [0.1, 0.15) is 24.5 Å². The minimum atomic E-state index is -0.166. The van der Waals surface area contributed by atoms with E-state index in [2.05, 4.69) is 22.5 Å². The van der Waals surface area contributed by atoms with Crippen molar-refractivity contribution in [3.05, 3.63) is 35.1 Å². The van der Waals surface area contributed by atoms with Crippen molar-refractivity contribution < 1.29 is 4.39 Å². The first kappa shape index (κ1) is 17.2. The molecule has 1 aromatic carbocycles. The number of hydrogen-bond acceptors (Lipinski definition) is 1. The van der Waals surface area contributed by atoms with Crippen LogP contribution in [0.3, 0.4) is 0 Å². The van der Waals surface area contributed by atoms with E-state index >= 15 is 0 Å².